The summed E-state index contributed by atoms with van der Waals surface area (Å²) in [6.07, 6.45) is 0. The average molecular weight is 266 g/mol. The molecule has 9 nitrogen and oxygen atoms in total. The van der Waals surface area contributed by atoms with Crippen molar-refractivity contribution in [1.82, 2.24) is 18.7 Å². The highest BCUT2D eigenvalue weighted by Gasteiger charge is 2.20. The lowest BCUT2D eigenvalue weighted by Gasteiger charge is -2.10. The van der Waals surface area contributed by atoms with E-state index in [2.05, 4.69) is 10.3 Å². The van der Waals surface area contributed by atoms with Gasteiger partial charge in [-0.05, 0) is 6.92 Å². The molecule has 19 heavy (non-hydrogen) atoms. The summed E-state index contributed by atoms with van der Waals surface area (Å²) in [5, 5.41) is 3.96. The number of hydrogen-bond acceptors (Lipinski definition) is 5. The molecule has 0 fully saturated rings. The number of fused-ring (bicyclic) bond motifs is 1. The molecule has 0 bridgehead atoms. The van der Waals surface area contributed by atoms with Crippen LogP contribution in [0.25, 0.3) is 11.2 Å². The number of rotatable bonds is 3. The Labute approximate surface area is 107 Å². The minimum atomic E-state index is -0.468. The molecule has 0 aliphatic heterocycles. The second-order valence-electron chi connectivity index (χ2n) is 4.15. The molecule has 2 heterocycles. The van der Waals surface area contributed by atoms with Gasteiger partial charge in [0.15, 0.2) is 11.2 Å². The zero-order valence-electron chi connectivity index (χ0n) is 11.1. The van der Waals surface area contributed by atoms with E-state index in [4.69, 9.17) is 0 Å². The molecule has 0 unspecified atom stereocenters. The van der Waals surface area contributed by atoms with Gasteiger partial charge in [-0.3, -0.25) is 13.9 Å². The molecule has 2 rings (SSSR count). The molecule has 2 aromatic heterocycles. The van der Waals surface area contributed by atoms with Crippen LogP contribution < -0.4 is 16.3 Å². The highest BCUT2D eigenvalue weighted by Crippen LogP contribution is 2.17. The summed E-state index contributed by atoms with van der Waals surface area (Å²) < 4.78 is 3.72. The third-order valence-electron chi connectivity index (χ3n) is 3.08. The first-order valence-electron chi connectivity index (χ1n) is 5.67. The molecule has 0 N–H and O–H groups in total. The van der Waals surface area contributed by atoms with Crippen molar-refractivity contribution in [3.8, 4) is 0 Å². The normalized spacial score (nSPS) is 10.9. The molecule has 102 valence electrons. The SMILES string of the molecule is CCN(N=O)c1nc2c(c(=O)n(C)c(=O)n2C)n1C. The molecule has 9 heteroatoms. The van der Waals surface area contributed by atoms with E-state index >= 15 is 0 Å². The van der Waals surface area contributed by atoms with Gasteiger partial charge in [0, 0.05) is 27.7 Å². The number of nitrogens with zero attached hydrogens (tertiary/aromatic N) is 6. The minimum absolute atomic E-state index is 0.228. The van der Waals surface area contributed by atoms with Crippen molar-refractivity contribution < 1.29 is 0 Å². The molecule has 0 aromatic carbocycles. The van der Waals surface area contributed by atoms with Crippen molar-refractivity contribution in [3.05, 3.63) is 25.7 Å². The van der Waals surface area contributed by atoms with Gasteiger partial charge < -0.3 is 4.57 Å². The fourth-order valence-electron chi connectivity index (χ4n) is 1.97. The van der Waals surface area contributed by atoms with Gasteiger partial charge in [0.05, 0.1) is 5.29 Å². The summed E-state index contributed by atoms with van der Waals surface area (Å²) in [7, 11) is 4.52. The van der Waals surface area contributed by atoms with Gasteiger partial charge in [-0.15, -0.1) is 4.91 Å². The van der Waals surface area contributed by atoms with E-state index in [9.17, 15) is 14.5 Å². The lowest BCUT2D eigenvalue weighted by atomic mass is 10.5. The summed E-state index contributed by atoms with van der Waals surface area (Å²) >= 11 is 0. The first-order chi connectivity index (χ1) is 8.93. The number of nitroso groups, excluding NO2 is 1. The third-order valence-corrected chi connectivity index (χ3v) is 3.08. The molecular formula is C10H14N6O3. The minimum Gasteiger partial charge on any atom is -0.306 e. The van der Waals surface area contributed by atoms with Gasteiger partial charge in [0.2, 0.25) is 5.95 Å². The lowest BCUT2D eigenvalue weighted by Crippen LogP contribution is -2.37. The van der Waals surface area contributed by atoms with Gasteiger partial charge in [0.25, 0.3) is 5.56 Å². The van der Waals surface area contributed by atoms with E-state index in [1.807, 2.05) is 0 Å². The first kappa shape index (κ1) is 13.0. The Morgan fingerprint density at radius 3 is 2.32 bits per heavy atom. The summed E-state index contributed by atoms with van der Waals surface area (Å²) in [5.41, 5.74) is -0.444. The fourth-order valence-corrected chi connectivity index (χ4v) is 1.97. The van der Waals surface area contributed by atoms with Crippen LogP contribution in [0, 0.1) is 4.91 Å². The standard InChI is InChI=1S/C10H14N6O3/c1-5-16(12-19)9-11-7-6(13(9)2)8(17)15(4)10(18)14(7)3/h5H2,1-4H3. The lowest BCUT2D eigenvalue weighted by molar-refractivity contribution is 0.705. The van der Waals surface area contributed by atoms with E-state index in [0.717, 1.165) is 9.58 Å². The predicted octanol–water partition coefficient (Wildman–Crippen LogP) is -0.522. The van der Waals surface area contributed by atoms with Crippen LogP contribution in [0.3, 0.4) is 0 Å². The van der Waals surface area contributed by atoms with Gasteiger partial charge in [-0.25, -0.2) is 4.79 Å². The maximum absolute atomic E-state index is 12.1. The second kappa shape index (κ2) is 4.34. The van der Waals surface area contributed by atoms with Crippen LogP contribution in [0.2, 0.25) is 0 Å². The summed E-state index contributed by atoms with van der Waals surface area (Å²) in [5.74, 6) is 0.228. The van der Waals surface area contributed by atoms with Crippen LogP contribution in [-0.2, 0) is 21.1 Å². The van der Waals surface area contributed by atoms with Crippen LogP contribution in [0.1, 0.15) is 6.92 Å². The highest BCUT2D eigenvalue weighted by molar-refractivity contribution is 5.74. The van der Waals surface area contributed by atoms with Crippen molar-refractivity contribution in [2.24, 2.45) is 26.4 Å². The molecule has 0 saturated carbocycles. The van der Waals surface area contributed by atoms with Crippen LogP contribution in [0.5, 0.6) is 0 Å². The van der Waals surface area contributed by atoms with Crippen molar-refractivity contribution in [1.29, 1.82) is 0 Å². The fraction of sp³-hybridized carbons (Fsp3) is 0.500. The van der Waals surface area contributed by atoms with Gasteiger partial charge in [0.1, 0.15) is 0 Å². The largest absolute Gasteiger partial charge is 0.332 e. The van der Waals surface area contributed by atoms with Crippen molar-refractivity contribution >= 4 is 17.1 Å². The maximum Gasteiger partial charge on any atom is 0.332 e. The van der Waals surface area contributed by atoms with Crippen LogP contribution >= 0.6 is 0 Å². The monoisotopic (exact) mass is 266 g/mol. The molecule has 0 aliphatic carbocycles. The van der Waals surface area contributed by atoms with Crippen LogP contribution in [0.4, 0.5) is 5.95 Å². The van der Waals surface area contributed by atoms with Crippen molar-refractivity contribution in [2.45, 2.75) is 6.92 Å². The second-order valence-corrected chi connectivity index (χ2v) is 4.15. The Balaban J connectivity index is 2.96. The van der Waals surface area contributed by atoms with Crippen LogP contribution in [-0.4, -0.2) is 25.2 Å². The van der Waals surface area contributed by atoms with E-state index in [1.165, 1.54) is 23.2 Å². The molecule has 2 aromatic rings. The summed E-state index contributed by atoms with van der Waals surface area (Å²) in [4.78, 5) is 38.8. The quantitative estimate of drug-likeness (QED) is 0.550. The van der Waals surface area contributed by atoms with Crippen LogP contribution in [0.15, 0.2) is 14.9 Å². The number of anilines is 1. The van der Waals surface area contributed by atoms with E-state index in [1.54, 1.807) is 14.0 Å². The molecule has 0 aliphatic rings. The van der Waals surface area contributed by atoms with Crippen molar-refractivity contribution in [3.63, 3.8) is 0 Å². The number of aromatic nitrogens is 4. The number of imidazole rings is 1. The van der Waals surface area contributed by atoms with Crippen molar-refractivity contribution in [2.75, 3.05) is 11.6 Å². The first-order valence-corrected chi connectivity index (χ1v) is 5.67. The van der Waals surface area contributed by atoms with Gasteiger partial charge in [-0.2, -0.15) is 9.99 Å². The van der Waals surface area contributed by atoms with E-state index in [-0.39, 0.29) is 17.1 Å². The zero-order valence-corrected chi connectivity index (χ0v) is 11.1. The number of aryl methyl sites for hydroxylation is 2. The Hall–Kier alpha value is -2.45. The Kier molecular flexibility index (Phi) is 2.97. The molecule has 0 atom stereocenters. The zero-order chi connectivity index (χ0) is 14.3. The maximum atomic E-state index is 12.1. The number of hydrogen-bond donors (Lipinski definition) is 0. The molecule has 0 saturated heterocycles. The van der Waals surface area contributed by atoms with E-state index in [0.29, 0.717) is 6.54 Å². The summed E-state index contributed by atoms with van der Waals surface area (Å²) in [6.45, 7) is 2.05. The van der Waals surface area contributed by atoms with Gasteiger partial charge in [-0.1, -0.05) is 0 Å². The molecule has 0 spiro atoms. The molecule has 0 amide bonds. The highest BCUT2D eigenvalue weighted by atomic mass is 16.3. The predicted molar refractivity (Wildman–Crippen MR) is 70.0 cm³/mol. The topological polar surface area (TPSA) is 94.5 Å². The molecule has 0 radical (unpaired) electrons. The third kappa shape index (κ3) is 1.65. The Bertz CT molecular complexity index is 768. The van der Waals surface area contributed by atoms with Gasteiger partial charge >= 0.3 is 5.69 Å². The average Bonchev–Trinajstić information content (AvgIpc) is 2.74. The smallest absolute Gasteiger partial charge is 0.306 e. The summed E-state index contributed by atoms with van der Waals surface area (Å²) in [6, 6.07) is 0. The van der Waals surface area contributed by atoms with E-state index < -0.39 is 11.2 Å². The molecular weight excluding hydrogens is 252 g/mol. The Morgan fingerprint density at radius 1 is 1.16 bits per heavy atom. The Morgan fingerprint density at radius 2 is 1.79 bits per heavy atom.